The molecule has 4 nitrogen and oxygen atoms in total. The SMILES string of the molecule is CC1NC(=O)CN(C2CCc3ccccc3C2)C1=O. The van der Waals surface area contributed by atoms with Crippen LogP contribution < -0.4 is 5.32 Å². The predicted octanol–water partition coefficient (Wildman–Crippen LogP) is 0.891. The van der Waals surface area contributed by atoms with Crippen LogP contribution in [0.5, 0.6) is 0 Å². The zero-order valence-corrected chi connectivity index (χ0v) is 11.1. The van der Waals surface area contributed by atoms with Gasteiger partial charge in [-0.05, 0) is 37.3 Å². The molecule has 100 valence electrons. The van der Waals surface area contributed by atoms with E-state index in [-0.39, 0.29) is 24.4 Å². The van der Waals surface area contributed by atoms with Crippen LogP contribution in [0.3, 0.4) is 0 Å². The average Bonchev–Trinajstić information content (AvgIpc) is 2.42. The van der Waals surface area contributed by atoms with Gasteiger partial charge in [0.15, 0.2) is 0 Å². The van der Waals surface area contributed by atoms with E-state index < -0.39 is 6.04 Å². The van der Waals surface area contributed by atoms with Crippen LogP contribution in [0.2, 0.25) is 0 Å². The number of carbonyl (C=O) groups excluding carboxylic acids is 2. The molecule has 2 unspecified atom stereocenters. The first-order chi connectivity index (χ1) is 9.15. The monoisotopic (exact) mass is 258 g/mol. The van der Waals surface area contributed by atoms with Gasteiger partial charge in [-0.2, -0.15) is 0 Å². The van der Waals surface area contributed by atoms with Crippen molar-refractivity contribution in [3.8, 4) is 0 Å². The highest BCUT2D eigenvalue weighted by Crippen LogP contribution is 2.25. The van der Waals surface area contributed by atoms with Gasteiger partial charge in [-0.15, -0.1) is 0 Å². The summed E-state index contributed by atoms with van der Waals surface area (Å²) in [5.74, 6) is -0.00469. The molecule has 0 aromatic heterocycles. The number of benzene rings is 1. The number of hydrogen-bond acceptors (Lipinski definition) is 2. The van der Waals surface area contributed by atoms with Crippen LogP contribution >= 0.6 is 0 Å². The van der Waals surface area contributed by atoms with E-state index in [9.17, 15) is 9.59 Å². The molecule has 0 saturated carbocycles. The molecule has 2 atom stereocenters. The van der Waals surface area contributed by atoms with E-state index in [1.165, 1.54) is 11.1 Å². The number of amides is 2. The number of rotatable bonds is 1. The summed E-state index contributed by atoms with van der Waals surface area (Å²) in [6, 6.07) is 8.14. The van der Waals surface area contributed by atoms with Crippen LogP contribution in [0, 0.1) is 0 Å². The minimum Gasteiger partial charge on any atom is -0.343 e. The van der Waals surface area contributed by atoms with Gasteiger partial charge < -0.3 is 10.2 Å². The summed E-state index contributed by atoms with van der Waals surface area (Å²) in [6.07, 6.45) is 2.80. The number of aryl methyl sites for hydroxylation is 1. The molecular weight excluding hydrogens is 240 g/mol. The van der Waals surface area contributed by atoms with Crippen molar-refractivity contribution in [3.05, 3.63) is 35.4 Å². The van der Waals surface area contributed by atoms with Gasteiger partial charge in [-0.1, -0.05) is 24.3 Å². The Balaban J connectivity index is 1.80. The Kier molecular flexibility index (Phi) is 3.01. The lowest BCUT2D eigenvalue weighted by molar-refractivity contribution is -0.146. The third-order valence-corrected chi connectivity index (χ3v) is 4.11. The summed E-state index contributed by atoms with van der Waals surface area (Å²) in [6.45, 7) is 1.96. The van der Waals surface area contributed by atoms with Crippen LogP contribution in [0.4, 0.5) is 0 Å². The third kappa shape index (κ3) is 2.23. The fourth-order valence-electron chi connectivity index (χ4n) is 3.08. The molecule has 1 aliphatic carbocycles. The van der Waals surface area contributed by atoms with Crippen molar-refractivity contribution in [2.45, 2.75) is 38.3 Å². The average molecular weight is 258 g/mol. The van der Waals surface area contributed by atoms with Crippen molar-refractivity contribution < 1.29 is 9.59 Å². The molecule has 1 heterocycles. The second-order valence-electron chi connectivity index (χ2n) is 5.42. The molecular formula is C15H18N2O2. The molecule has 1 aromatic carbocycles. The zero-order valence-electron chi connectivity index (χ0n) is 11.1. The summed E-state index contributed by atoms with van der Waals surface area (Å²) < 4.78 is 0. The molecule has 1 aromatic rings. The highest BCUT2D eigenvalue weighted by atomic mass is 16.2. The maximum absolute atomic E-state index is 12.2. The highest BCUT2D eigenvalue weighted by Gasteiger charge is 2.35. The molecule has 1 saturated heterocycles. The number of carbonyl (C=O) groups is 2. The largest absolute Gasteiger partial charge is 0.343 e. The number of hydrogen-bond donors (Lipinski definition) is 1. The quantitative estimate of drug-likeness (QED) is 0.813. The van der Waals surface area contributed by atoms with Crippen molar-refractivity contribution in [3.63, 3.8) is 0 Å². The lowest BCUT2D eigenvalue weighted by Crippen LogP contribution is -2.60. The van der Waals surface area contributed by atoms with E-state index in [4.69, 9.17) is 0 Å². The van der Waals surface area contributed by atoms with E-state index in [2.05, 4.69) is 23.5 Å². The standard InChI is InChI=1S/C15H18N2O2/c1-10-15(19)17(9-14(18)16-10)13-7-6-11-4-2-3-5-12(11)8-13/h2-5,10,13H,6-9H2,1H3,(H,16,18). The molecule has 4 heteroatoms. The molecule has 2 aliphatic rings. The van der Waals surface area contributed by atoms with E-state index in [1.54, 1.807) is 11.8 Å². The Morgan fingerprint density at radius 1 is 1.21 bits per heavy atom. The molecule has 1 fully saturated rings. The lowest BCUT2D eigenvalue weighted by atomic mass is 9.87. The Morgan fingerprint density at radius 3 is 2.74 bits per heavy atom. The molecule has 0 radical (unpaired) electrons. The molecule has 19 heavy (non-hydrogen) atoms. The second kappa shape index (κ2) is 4.68. The first kappa shape index (κ1) is 12.2. The first-order valence-corrected chi connectivity index (χ1v) is 6.82. The van der Waals surface area contributed by atoms with Gasteiger partial charge in [0.1, 0.15) is 6.04 Å². The summed E-state index contributed by atoms with van der Waals surface area (Å²) in [7, 11) is 0. The predicted molar refractivity (Wildman–Crippen MR) is 71.6 cm³/mol. The van der Waals surface area contributed by atoms with Gasteiger partial charge >= 0.3 is 0 Å². The number of nitrogens with one attached hydrogen (secondary N) is 1. The third-order valence-electron chi connectivity index (χ3n) is 4.11. The molecule has 0 spiro atoms. The minimum absolute atomic E-state index is 0.0454. The van der Waals surface area contributed by atoms with Gasteiger partial charge in [0.05, 0.1) is 6.54 Å². The van der Waals surface area contributed by atoms with Gasteiger partial charge in [0.25, 0.3) is 0 Å². The summed E-state index contributed by atoms with van der Waals surface area (Å²) >= 11 is 0. The maximum atomic E-state index is 12.2. The molecule has 3 rings (SSSR count). The Bertz CT molecular complexity index is 527. The van der Waals surface area contributed by atoms with Crippen LogP contribution in [0.25, 0.3) is 0 Å². The van der Waals surface area contributed by atoms with Crippen molar-refractivity contribution in [1.29, 1.82) is 0 Å². The van der Waals surface area contributed by atoms with Crippen LogP contribution in [0.1, 0.15) is 24.5 Å². The highest BCUT2D eigenvalue weighted by molar-refractivity contribution is 5.94. The van der Waals surface area contributed by atoms with Crippen LogP contribution in [0.15, 0.2) is 24.3 Å². The van der Waals surface area contributed by atoms with Crippen molar-refractivity contribution in [2.75, 3.05) is 6.54 Å². The Morgan fingerprint density at radius 2 is 1.95 bits per heavy atom. The van der Waals surface area contributed by atoms with Crippen LogP contribution in [-0.4, -0.2) is 35.3 Å². The number of nitrogens with zero attached hydrogens (tertiary/aromatic N) is 1. The molecule has 1 N–H and O–H groups in total. The van der Waals surface area contributed by atoms with Gasteiger partial charge in [-0.25, -0.2) is 0 Å². The summed E-state index contributed by atoms with van der Waals surface area (Å²) in [5.41, 5.74) is 2.69. The molecule has 0 bridgehead atoms. The summed E-state index contributed by atoms with van der Waals surface area (Å²) in [4.78, 5) is 25.6. The smallest absolute Gasteiger partial charge is 0.245 e. The summed E-state index contributed by atoms with van der Waals surface area (Å²) in [5, 5.41) is 2.69. The van der Waals surface area contributed by atoms with E-state index in [0.29, 0.717) is 0 Å². The maximum Gasteiger partial charge on any atom is 0.245 e. The van der Waals surface area contributed by atoms with Crippen LogP contribution in [-0.2, 0) is 22.4 Å². The Hall–Kier alpha value is -1.84. The van der Waals surface area contributed by atoms with Gasteiger partial charge in [0.2, 0.25) is 11.8 Å². The molecule has 2 amide bonds. The Labute approximate surface area is 112 Å². The van der Waals surface area contributed by atoms with E-state index >= 15 is 0 Å². The van der Waals surface area contributed by atoms with Crippen molar-refractivity contribution in [1.82, 2.24) is 10.2 Å². The van der Waals surface area contributed by atoms with E-state index in [0.717, 1.165) is 19.3 Å². The van der Waals surface area contributed by atoms with Crippen molar-refractivity contribution >= 4 is 11.8 Å². The zero-order chi connectivity index (χ0) is 13.4. The minimum atomic E-state index is -0.390. The fraction of sp³-hybridized carbons (Fsp3) is 0.467. The second-order valence-corrected chi connectivity index (χ2v) is 5.42. The normalized spacial score (nSPS) is 26.9. The van der Waals surface area contributed by atoms with Crippen molar-refractivity contribution in [2.24, 2.45) is 0 Å². The number of piperazine rings is 1. The van der Waals surface area contributed by atoms with E-state index in [1.807, 2.05) is 6.07 Å². The fourth-order valence-corrected chi connectivity index (χ4v) is 3.08. The first-order valence-electron chi connectivity index (χ1n) is 6.82. The molecule has 1 aliphatic heterocycles. The lowest BCUT2D eigenvalue weighted by Gasteiger charge is -2.39. The topological polar surface area (TPSA) is 49.4 Å². The number of fused-ring (bicyclic) bond motifs is 1. The van der Waals surface area contributed by atoms with Gasteiger partial charge in [-0.3, -0.25) is 9.59 Å². The van der Waals surface area contributed by atoms with Gasteiger partial charge in [0, 0.05) is 6.04 Å².